The van der Waals surface area contributed by atoms with Crippen molar-refractivity contribution in [2.45, 2.75) is 57.0 Å². The Hall–Kier alpha value is -4.52. The smallest absolute Gasteiger partial charge is 0.259 e. The molecular weight excluding hydrogens is 508 g/mol. The molecule has 1 unspecified atom stereocenters. The van der Waals surface area contributed by atoms with Crippen molar-refractivity contribution in [1.82, 2.24) is 20.0 Å². The van der Waals surface area contributed by atoms with Crippen LogP contribution in [-0.4, -0.2) is 57.4 Å². The number of aromatic nitrogens is 2. The molecule has 3 aliphatic heterocycles. The maximum atomic E-state index is 13.4. The second-order valence-electron chi connectivity index (χ2n) is 11.3. The zero-order valence-corrected chi connectivity index (χ0v) is 21.9. The third kappa shape index (κ3) is 3.79. The zero-order valence-electron chi connectivity index (χ0n) is 21.9. The molecule has 0 spiro atoms. The van der Waals surface area contributed by atoms with Crippen molar-refractivity contribution in [1.29, 1.82) is 5.26 Å². The summed E-state index contributed by atoms with van der Waals surface area (Å²) in [6.07, 6.45) is 8.02. The van der Waals surface area contributed by atoms with Crippen LogP contribution in [0.2, 0.25) is 0 Å². The highest BCUT2D eigenvalue weighted by atomic mass is 16.2. The molecule has 10 heteroatoms. The van der Waals surface area contributed by atoms with Gasteiger partial charge in [0.25, 0.3) is 5.91 Å². The standard InChI is InChI=1S/C30H28N6O4/c31-17-30(10-11-30)29(40)34-12-8-20(9-13-34)35-16-18(15-32-35)14-19-4-5-23-26-21(19)2-1-3-22(26)28(39)36(23)24-6-7-25(37)33-27(24)38/h1-5,15-16,20,24H,6-14H2,(H,33,37,38). The van der Waals surface area contributed by atoms with Crippen molar-refractivity contribution in [2.24, 2.45) is 5.41 Å². The molecule has 4 aliphatic rings. The van der Waals surface area contributed by atoms with Crippen molar-refractivity contribution in [2.75, 3.05) is 18.0 Å². The van der Waals surface area contributed by atoms with Crippen molar-refractivity contribution in [3.05, 3.63) is 59.4 Å². The molecular formula is C30H28N6O4. The van der Waals surface area contributed by atoms with E-state index in [2.05, 4.69) is 22.7 Å². The second-order valence-corrected chi connectivity index (χ2v) is 11.3. The molecule has 202 valence electrons. The molecule has 0 radical (unpaired) electrons. The normalized spacial score (nSPS) is 22.0. The van der Waals surface area contributed by atoms with Crippen LogP contribution in [0, 0.1) is 16.7 Å². The number of hydrogen-bond donors (Lipinski definition) is 1. The van der Waals surface area contributed by atoms with Gasteiger partial charge in [0, 0.05) is 43.1 Å². The second kappa shape index (κ2) is 9.01. The van der Waals surface area contributed by atoms with E-state index < -0.39 is 17.4 Å². The Bertz CT molecular complexity index is 1640. The lowest BCUT2D eigenvalue weighted by atomic mass is 9.97. The summed E-state index contributed by atoms with van der Waals surface area (Å²) in [5, 5.41) is 18.2. The minimum atomic E-state index is -0.769. The van der Waals surface area contributed by atoms with Crippen molar-refractivity contribution < 1.29 is 19.2 Å². The number of anilines is 1. The number of nitrogens with one attached hydrogen (secondary N) is 1. The highest BCUT2D eigenvalue weighted by Crippen LogP contribution is 2.47. The number of carbonyl (C=O) groups excluding carboxylic acids is 4. The van der Waals surface area contributed by atoms with Crippen molar-refractivity contribution in [3.63, 3.8) is 0 Å². The number of imide groups is 1. The Morgan fingerprint density at radius 3 is 2.62 bits per heavy atom. The van der Waals surface area contributed by atoms with E-state index >= 15 is 0 Å². The van der Waals surface area contributed by atoms with Crippen LogP contribution in [0.1, 0.15) is 66.1 Å². The van der Waals surface area contributed by atoms with E-state index in [0.717, 1.165) is 34.7 Å². The number of nitriles is 1. The van der Waals surface area contributed by atoms with E-state index in [1.165, 1.54) is 0 Å². The number of benzene rings is 2. The Labute approximate surface area is 230 Å². The molecule has 3 aromatic rings. The average Bonchev–Trinajstić information content (AvgIpc) is 3.55. The number of likely N-dealkylation sites (tertiary alicyclic amines) is 1. The predicted molar refractivity (Wildman–Crippen MR) is 144 cm³/mol. The van der Waals surface area contributed by atoms with Gasteiger partial charge in [-0.3, -0.25) is 34.1 Å². The molecule has 3 fully saturated rings. The van der Waals surface area contributed by atoms with Crippen LogP contribution in [-0.2, 0) is 20.8 Å². The summed E-state index contributed by atoms with van der Waals surface area (Å²) in [4.78, 5) is 53.7. The summed E-state index contributed by atoms with van der Waals surface area (Å²) in [6.45, 7) is 1.27. The summed E-state index contributed by atoms with van der Waals surface area (Å²) in [6, 6.07) is 11.3. The van der Waals surface area contributed by atoms with Crippen LogP contribution in [0.4, 0.5) is 5.69 Å². The molecule has 1 saturated carbocycles. The summed E-state index contributed by atoms with van der Waals surface area (Å²) in [5.41, 5.74) is 2.61. The summed E-state index contributed by atoms with van der Waals surface area (Å²) < 4.78 is 1.99. The van der Waals surface area contributed by atoms with Gasteiger partial charge in [-0.05, 0) is 60.7 Å². The molecule has 10 nitrogen and oxygen atoms in total. The van der Waals surface area contributed by atoms with Crippen molar-refractivity contribution in [3.8, 4) is 6.07 Å². The van der Waals surface area contributed by atoms with Crippen LogP contribution in [0.5, 0.6) is 0 Å². The first-order chi connectivity index (χ1) is 19.4. The Balaban J connectivity index is 1.09. The first-order valence-corrected chi connectivity index (χ1v) is 13.8. The molecule has 0 bridgehead atoms. The Morgan fingerprint density at radius 1 is 1.10 bits per heavy atom. The van der Waals surface area contributed by atoms with Gasteiger partial charge in [0.1, 0.15) is 11.5 Å². The monoisotopic (exact) mass is 536 g/mol. The molecule has 2 aromatic carbocycles. The van der Waals surface area contributed by atoms with Gasteiger partial charge in [0.15, 0.2) is 0 Å². The van der Waals surface area contributed by atoms with Crippen LogP contribution in [0.3, 0.4) is 0 Å². The topological polar surface area (TPSA) is 128 Å². The molecule has 1 N–H and O–H groups in total. The fourth-order valence-corrected chi connectivity index (χ4v) is 6.48. The van der Waals surface area contributed by atoms with Crippen LogP contribution in [0.25, 0.3) is 10.8 Å². The Morgan fingerprint density at radius 2 is 1.90 bits per heavy atom. The van der Waals surface area contributed by atoms with Crippen molar-refractivity contribution >= 4 is 40.1 Å². The molecule has 1 aliphatic carbocycles. The third-order valence-electron chi connectivity index (χ3n) is 8.89. The number of piperidine rings is 2. The summed E-state index contributed by atoms with van der Waals surface area (Å²) in [7, 11) is 0. The lowest BCUT2D eigenvalue weighted by Gasteiger charge is -2.33. The van der Waals surface area contributed by atoms with Crippen LogP contribution < -0.4 is 10.2 Å². The van der Waals surface area contributed by atoms with Gasteiger partial charge in [-0.1, -0.05) is 18.2 Å². The number of nitrogens with zero attached hydrogens (tertiary/aromatic N) is 5. The van der Waals surface area contributed by atoms with Gasteiger partial charge in [-0.25, -0.2) is 0 Å². The van der Waals surface area contributed by atoms with E-state index in [-0.39, 0.29) is 30.2 Å². The third-order valence-corrected chi connectivity index (χ3v) is 8.89. The molecule has 40 heavy (non-hydrogen) atoms. The lowest BCUT2D eigenvalue weighted by molar-refractivity contribution is -0.136. The van der Waals surface area contributed by atoms with Gasteiger partial charge >= 0.3 is 0 Å². The SMILES string of the molecule is N#CC1(C(=O)N2CCC(n3cc(Cc4ccc5c6c(cccc46)C(=O)N5C4CCC(=O)NC4=O)cn3)CC2)CC1. The average molecular weight is 537 g/mol. The van der Waals surface area contributed by atoms with E-state index in [4.69, 9.17) is 0 Å². The maximum absolute atomic E-state index is 13.4. The Kier molecular flexibility index (Phi) is 5.52. The van der Waals surface area contributed by atoms with E-state index in [1.807, 2.05) is 40.0 Å². The van der Waals surface area contributed by atoms with Gasteiger partial charge < -0.3 is 4.90 Å². The number of amides is 4. The number of hydrogen-bond acceptors (Lipinski definition) is 6. The largest absolute Gasteiger partial charge is 0.341 e. The predicted octanol–water partition coefficient (Wildman–Crippen LogP) is 2.86. The van der Waals surface area contributed by atoms with E-state index in [9.17, 15) is 24.4 Å². The minimum Gasteiger partial charge on any atom is -0.341 e. The quantitative estimate of drug-likeness (QED) is 0.500. The summed E-state index contributed by atoms with van der Waals surface area (Å²) in [5.74, 6) is -0.978. The van der Waals surface area contributed by atoms with Gasteiger partial charge in [-0.15, -0.1) is 0 Å². The van der Waals surface area contributed by atoms with Crippen LogP contribution in [0.15, 0.2) is 42.7 Å². The van der Waals surface area contributed by atoms with Gasteiger partial charge in [0.05, 0.1) is 24.0 Å². The molecule has 7 rings (SSSR count). The zero-order chi connectivity index (χ0) is 27.6. The molecule has 1 aromatic heterocycles. The molecule has 4 heterocycles. The highest BCUT2D eigenvalue weighted by Gasteiger charge is 2.52. The molecule has 1 atom stereocenters. The highest BCUT2D eigenvalue weighted by molar-refractivity contribution is 6.27. The minimum absolute atomic E-state index is 0.0173. The first kappa shape index (κ1) is 24.5. The lowest BCUT2D eigenvalue weighted by Crippen LogP contribution is -2.53. The number of carbonyl (C=O) groups is 4. The van der Waals surface area contributed by atoms with Crippen LogP contribution >= 0.6 is 0 Å². The van der Waals surface area contributed by atoms with Gasteiger partial charge in [0.2, 0.25) is 17.7 Å². The fourth-order valence-electron chi connectivity index (χ4n) is 6.48. The van der Waals surface area contributed by atoms with Gasteiger partial charge in [-0.2, -0.15) is 10.4 Å². The first-order valence-electron chi connectivity index (χ1n) is 13.8. The number of rotatable bonds is 5. The fraction of sp³-hybridized carbons (Fsp3) is 0.400. The van der Waals surface area contributed by atoms with E-state index in [0.29, 0.717) is 50.0 Å². The summed E-state index contributed by atoms with van der Waals surface area (Å²) >= 11 is 0. The maximum Gasteiger partial charge on any atom is 0.259 e. The molecule has 2 saturated heterocycles. The molecule has 4 amide bonds. The van der Waals surface area contributed by atoms with E-state index in [1.54, 1.807) is 11.0 Å².